The topological polar surface area (TPSA) is 131 Å². The molecule has 4 rings (SSSR count). The molecule has 0 saturated heterocycles. The van der Waals surface area contributed by atoms with Gasteiger partial charge in [-0.1, -0.05) is 24.3 Å². The van der Waals surface area contributed by atoms with Gasteiger partial charge < -0.3 is 19.9 Å². The van der Waals surface area contributed by atoms with Crippen molar-refractivity contribution >= 4 is 27.6 Å². The standard InChI is InChI=1S/C26H26N2O7S/c1-34-19-11-9-18(10-12-19)28-36(32,33)20-13-14-24(29)22(15-20)26(31)35-16-25(30)27-23-8-4-6-17-5-2-3-7-21(17)23/h2-3,5,7,9-15,23,28-29H,4,6,8,16H2,1H3,(H,27,30)/t23-/m0/s1. The van der Waals surface area contributed by atoms with Crippen LogP contribution in [0.15, 0.2) is 71.6 Å². The van der Waals surface area contributed by atoms with Crippen molar-refractivity contribution in [2.75, 3.05) is 18.4 Å². The van der Waals surface area contributed by atoms with Crippen molar-refractivity contribution in [3.8, 4) is 11.5 Å². The van der Waals surface area contributed by atoms with Crippen LogP contribution in [0.25, 0.3) is 0 Å². The Morgan fingerprint density at radius 1 is 1.06 bits per heavy atom. The molecule has 1 amide bonds. The lowest BCUT2D eigenvalue weighted by Gasteiger charge is -2.26. The van der Waals surface area contributed by atoms with Gasteiger partial charge in [-0.05, 0) is 72.9 Å². The molecular formula is C26H26N2O7S. The number of benzene rings is 3. The van der Waals surface area contributed by atoms with Crippen LogP contribution < -0.4 is 14.8 Å². The lowest BCUT2D eigenvalue weighted by molar-refractivity contribution is -0.125. The molecule has 0 heterocycles. The average Bonchev–Trinajstić information content (AvgIpc) is 2.88. The molecule has 9 nitrogen and oxygen atoms in total. The number of carbonyl (C=O) groups is 2. The van der Waals surface area contributed by atoms with E-state index in [4.69, 9.17) is 9.47 Å². The molecule has 3 N–H and O–H groups in total. The van der Waals surface area contributed by atoms with Gasteiger partial charge in [-0.25, -0.2) is 13.2 Å². The molecular weight excluding hydrogens is 484 g/mol. The number of rotatable bonds is 8. The molecule has 0 saturated carbocycles. The van der Waals surface area contributed by atoms with Gasteiger partial charge in [-0.15, -0.1) is 0 Å². The van der Waals surface area contributed by atoms with Gasteiger partial charge >= 0.3 is 5.97 Å². The number of carbonyl (C=O) groups excluding carboxylic acids is 2. The highest BCUT2D eigenvalue weighted by Gasteiger charge is 2.24. The highest BCUT2D eigenvalue weighted by molar-refractivity contribution is 7.92. The Hall–Kier alpha value is -4.05. The molecule has 1 aliphatic rings. The number of hydrogen-bond donors (Lipinski definition) is 3. The number of nitrogens with one attached hydrogen (secondary N) is 2. The molecule has 0 unspecified atom stereocenters. The summed E-state index contributed by atoms with van der Waals surface area (Å²) in [5.41, 5.74) is 2.14. The minimum Gasteiger partial charge on any atom is -0.507 e. The fourth-order valence-corrected chi connectivity index (χ4v) is 5.15. The van der Waals surface area contributed by atoms with Crippen LogP contribution in [-0.4, -0.2) is 39.1 Å². The second-order valence-corrected chi connectivity index (χ2v) is 9.98. The predicted molar refractivity (Wildman–Crippen MR) is 132 cm³/mol. The van der Waals surface area contributed by atoms with Gasteiger partial charge in [0.1, 0.15) is 17.1 Å². The average molecular weight is 511 g/mol. The summed E-state index contributed by atoms with van der Waals surface area (Å²) < 4.78 is 38.1. The molecule has 0 radical (unpaired) electrons. The molecule has 0 aromatic heterocycles. The Morgan fingerprint density at radius 3 is 2.56 bits per heavy atom. The van der Waals surface area contributed by atoms with E-state index in [-0.39, 0.29) is 22.2 Å². The number of phenolic OH excluding ortho intramolecular Hbond substituents is 1. The van der Waals surface area contributed by atoms with E-state index in [1.807, 2.05) is 24.3 Å². The van der Waals surface area contributed by atoms with Crippen LogP contribution in [0.3, 0.4) is 0 Å². The van der Waals surface area contributed by atoms with Crippen molar-refractivity contribution in [2.24, 2.45) is 0 Å². The van der Waals surface area contributed by atoms with Gasteiger partial charge in [0.05, 0.1) is 18.0 Å². The first-order valence-electron chi connectivity index (χ1n) is 11.3. The number of fused-ring (bicyclic) bond motifs is 1. The van der Waals surface area contributed by atoms with Crippen LogP contribution in [0.2, 0.25) is 0 Å². The monoisotopic (exact) mass is 510 g/mol. The summed E-state index contributed by atoms with van der Waals surface area (Å²) in [7, 11) is -2.58. The maximum absolute atomic E-state index is 12.8. The Labute approximate surface area is 209 Å². The Balaban J connectivity index is 1.40. The molecule has 0 bridgehead atoms. The molecule has 36 heavy (non-hydrogen) atoms. The van der Waals surface area contributed by atoms with Crippen molar-refractivity contribution in [3.05, 3.63) is 83.4 Å². The van der Waals surface area contributed by atoms with Gasteiger partial charge in [0.15, 0.2) is 6.61 Å². The van der Waals surface area contributed by atoms with Crippen molar-refractivity contribution in [3.63, 3.8) is 0 Å². The Bertz CT molecular complexity index is 1370. The number of esters is 1. The van der Waals surface area contributed by atoms with Crippen molar-refractivity contribution in [1.82, 2.24) is 5.32 Å². The van der Waals surface area contributed by atoms with E-state index in [1.54, 1.807) is 12.1 Å². The minimum atomic E-state index is -4.07. The number of hydrogen-bond acceptors (Lipinski definition) is 7. The normalized spacial score (nSPS) is 14.9. The summed E-state index contributed by atoms with van der Waals surface area (Å²) in [4.78, 5) is 24.8. The number of aryl methyl sites for hydroxylation is 1. The zero-order valence-electron chi connectivity index (χ0n) is 19.6. The largest absolute Gasteiger partial charge is 0.507 e. The summed E-state index contributed by atoms with van der Waals surface area (Å²) in [6, 6.07) is 17.2. The third kappa shape index (κ3) is 5.77. The lowest BCUT2D eigenvalue weighted by Crippen LogP contribution is -2.34. The number of sulfonamides is 1. The van der Waals surface area contributed by atoms with Crippen LogP contribution in [0, 0.1) is 0 Å². The fourth-order valence-electron chi connectivity index (χ4n) is 4.07. The molecule has 1 atom stereocenters. The van der Waals surface area contributed by atoms with E-state index in [0.717, 1.165) is 43.0 Å². The summed E-state index contributed by atoms with van der Waals surface area (Å²) in [6.07, 6.45) is 2.66. The van der Waals surface area contributed by atoms with E-state index in [1.165, 1.54) is 24.8 Å². The number of ether oxygens (including phenoxy) is 2. The van der Waals surface area contributed by atoms with Crippen molar-refractivity contribution in [1.29, 1.82) is 0 Å². The van der Waals surface area contributed by atoms with Gasteiger partial charge in [-0.3, -0.25) is 9.52 Å². The molecule has 0 fully saturated rings. The van der Waals surface area contributed by atoms with Crippen molar-refractivity contribution < 1.29 is 32.6 Å². The maximum Gasteiger partial charge on any atom is 0.342 e. The third-order valence-corrected chi connectivity index (χ3v) is 7.26. The SMILES string of the molecule is COc1ccc(NS(=O)(=O)c2ccc(O)c(C(=O)OCC(=O)N[C@H]3CCCc4ccccc43)c2)cc1. The maximum atomic E-state index is 12.8. The van der Waals surface area contributed by atoms with Crippen LogP contribution >= 0.6 is 0 Å². The highest BCUT2D eigenvalue weighted by Crippen LogP contribution is 2.29. The minimum absolute atomic E-state index is 0.174. The number of amides is 1. The highest BCUT2D eigenvalue weighted by atomic mass is 32.2. The van der Waals surface area contributed by atoms with E-state index in [0.29, 0.717) is 5.75 Å². The van der Waals surface area contributed by atoms with Crippen LogP contribution in [0.4, 0.5) is 5.69 Å². The molecule has 0 aliphatic heterocycles. The third-order valence-electron chi connectivity index (χ3n) is 5.88. The Kier molecular flexibility index (Phi) is 7.44. The summed E-state index contributed by atoms with van der Waals surface area (Å²) >= 11 is 0. The molecule has 3 aromatic rings. The van der Waals surface area contributed by atoms with Gasteiger partial charge in [-0.2, -0.15) is 0 Å². The molecule has 3 aromatic carbocycles. The van der Waals surface area contributed by atoms with E-state index in [2.05, 4.69) is 10.0 Å². The molecule has 188 valence electrons. The van der Waals surface area contributed by atoms with Crippen LogP contribution in [-0.2, 0) is 26.0 Å². The van der Waals surface area contributed by atoms with Gasteiger partial charge in [0.25, 0.3) is 15.9 Å². The van der Waals surface area contributed by atoms with Crippen molar-refractivity contribution in [2.45, 2.75) is 30.2 Å². The second kappa shape index (κ2) is 10.7. The zero-order chi connectivity index (χ0) is 25.7. The first-order chi connectivity index (χ1) is 17.3. The Morgan fingerprint density at radius 2 is 1.81 bits per heavy atom. The number of phenols is 1. The molecule has 0 spiro atoms. The predicted octanol–water partition coefficient (Wildman–Crippen LogP) is 3.55. The van der Waals surface area contributed by atoms with Crippen LogP contribution in [0.5, 0.6) is 11.5 Å². The second-order valence-electron chi connectivity index (χ2n) is 8.30. The van der Waals surface area contributed by atoms with E-state index in [9.17, 15) is 23.1 Å². The molecule has 1 aliphatic carbocycles. The summed E-state index contributed by atoms with van der Waals surface area (Å²) in [6.45, 7) is -0.571. The number of anilines is 1. The summed E-state index contributed by atoms with van der Waals surface area (Å²) in [5.74, 6) is -1.42. The fraction of sp³-hybridized carbons (Fsp3) is 0.231. The van der Waals surface area contributed by atoms with E-state index >= 15 is 0 Å². The van der Waals surface area contributed by atoms with E-state index < -0.39 is 34.3 Å². The lowest BCUT2D eigenvalue weighted by atomic mass is 9.88. The van der Waals surface area contributed by atoms with Gasteiger partial charge in [0.2, 0.25) is 0 Å². The zero-order valence-corrected chi connectivity index (χ0v) is 20.4. The smallest absolute Gasteiger partial charge is 0.342 e. The number of aromatic hydroxyl groups is 1. The quantitative estimate of drug-likeness (QED) is 0.395. The van der Waals surface area contributed by atoms with Gasteiger partial charge in [0, 0.05) is 5.69 Å². The molecule has 10 heteroatoms. The van der Waals surface area contributed by atoms with Crippen LogP contribution in [0.1, 0.15) is 40.4 Å². The number of methoxy groups -OCH3 is 1. The first-order valence-corrected chi connectivity index (χ1v) is 12.8. The first kappa shape index (κ1) is 25.1. The summed E-state index contributed by atoms with van der Waals surface area (Å²) in [5, 5.41) is 13.0.